The smallest absolute Gasteiger partial charge is 0.276 e. The van der Waals surface area contributed by atoms with Crippen molar-refractivity contribution >= 4 is 45.4 Å². The van der Waals surface area contributed by atoms with Gasteiger partial charge >= 0.3 is 0 Å². The number of nitrogens with zero attached hydrogens (tertiary/aromatic N) is 1. The molecule has 0 bridgehead atoms. The fraction of sp³-hybridized carbons (Fsp3) is 1.00. The zero-order chi connectivity index (χ0) is 11.6. The third-order valence-corrected chi connectivity index (χ3v) is 5.78. The van der Waals surface area contributed by atoms with Gasteiger partial charge in [0.25, 0.3) is 10.1 Å². The Labute approximate surface area is 98.9 Å². The monoisotopic (exact) mass is 281 g/mol. The fourth-order valence-corrected chi connectivity index (χ4v) is 2.38. The number of halogens is 2. The molecule has 0 fully saturated rings. The Morgan fingerprint density at radius 3 is 2.21 bits per heavy atom. The van der Waals surface area contributed by atoms with E-state index in [9.17, 15) is 8.42 Å². The molecule has 0 spiro atoms. The number of hydrogen-bond donors (Lipinski definition) is 1. The summed E-state index contributed by atoms with van der Waals surface area (Å²) in [5.41, 5.74) is -0.549. The summed E-state index contributed by atoms with van der Waals surface area (Å²) in [5, 5.41) is 0. The van der Waals surface area contributed by atoms with Crippen molar-refractivity contribution in [2.24, 2.45) is 0 Å². The van der Waals surface area contributed by atoms with E-state index in [0.717, 1.165) is 15.7 Å². The maximum absolute atomic E-state index is 10.7. The second kappa shape index (κ2) is 5.23. The molecule has 0 saturated heterocycles. The van der Waals surface area contributed by atoms with E-state index in [0.29, 0.717) is 5.75 Å². The molecule has 0 aromatic carbocycles. The van der Waals surface area contributed by atoms with Gasteiger partial charge in [0, 0.05) is 5.75 Å². The molecule has 0 saturated carbocycles. The molecule has 0 radical (unpaired) electrons. The SMILES string of the molecule is CC(SCC(C)(C)N(Cl)Cl)S(=O)(=O)O. The second-order valence-electron chi connectivity index (χ2n) is 3.44. The number of rotatable bonds is 5. The third kappa shape index (κ3) is 5.04. The van der Waals surface area contributed by atoms with Crippen LogP contribution in [-0.4, -0.2) is 32.8 Å². The lowest BCUT2D eigenvalue weighted by Crippen LogP contribution is -2.35. The minimum Gasteiger partial charge on any atom is -0.285 e. The second-order valence-corrected chi connectivity index (χ2v) is 7.65. The van der Waals surface area contributed by atoms with Crippen molar-refractivity contribution in [2.45, 2.75) is 30.9 Å². The molecule has 4 nitrogen and oxygen atoms in total. The largest absolute Gasteiger partial charge is 0.285 e. The molecule has 0 amide bonds. The normalized spacial score (nSPS) is 15.9. The van der Waals surface area contributed by atoms with Crippen molar-refractivity contribution in [2.75, 3.05) is 5.75 Å². The molecule has 0 rings (SSSR count). The van der Waals surface area contributed by atoms with Crippen LogP contribution in [0.5, 0.6) is 0 Å². The van der Waals surface area contributed by atoms with Crippen LogP contribution in [0.1, 0.15) is 20.8 Å². The first-order valence-corrected chi connectivity index (χ1v) is 7.00. The lowest BCUT2D eigenvalue weighted by molar-refractivity contribution is 0.399. The summed E-state index contributed by atoms with van der Waals surface area (Å²) in [6.07, 6.45) is 0. The van der Waals surface area contributed by atoms with E-state index >= 15 is 0 Å². The van der Waals surface area contributed by atoms with Crippen molar-refractivity contribution < 1.29 is 13.0 Å². The lowest BCUT2D eigenvalue weighted by Gasteiger charge is -2.27. The van der Waals surface area contributed by atoms with Gasteiger partial charge in [-0.15, -0.1) is 15.7 Å². The first-order chi connectivity index (χ1) is 6.07. The molecule has 0 aliphatic heterocycles. The van der Waals surface area contributed by atoms with Gasteiger partial charge < -0.3 is 0 Å². The lowest BCUT2D eigenvalue weighted by atomic mass is 10.1. The van der Waals surface area contributed by atoms with Crippen LogP contribution in [-0.2, 0) is 10.1 Å². The highest BCUT2D eigenvalue weighted by molar-refractivity contribution is 8.11. The van der Waals surface area contributed by atoms with Gasteiger partial charge in [-0.05, 0) is 44.3 Å². The van der Waals surface area contributed by atoms with E-state index in [1.54, 1.807) is 13.8 Å². The first kappa shape index (κ1) is 14.8. The van der Waals surface area contributed by atoms with E-state index in [-0.39, 0.29) is 0 Å². The van der Waals surface area contributed by atoms with Crippen LogP contribution in [0, 0.1) is 0 Å². The van der Waals surface area contributed by atoms with E-state index < -0.39 is 20.2 Å². The van der Waals surface area contributed by atoms with Crippen LogP contribution < -0.4 is 0 Å². The summed E-state index contributed by atoms with van der Waals surface area (Å²) >= 11 is 12.2. The summed E-state index contributed by atoms with van der Waals surface area (Å²) in [7, 11) is -3.99. The Morgan fingerprint density at radius 2 is 1.93 bits per heavy atom. The molecule has 8 heteroatoms. The fourth-order valence-electron chi connectivity index (χ4n) is 0.456. The highest BCUT2D eigenvalue weighted by atomic mass is 35.5. The summed E-state index contributed by atoms with van der Waals surface area (Å²) in [6, 6.07) is 0. The Balaban J connectivity index is 4.20. The highest BCUT2D eigenvalue weighted by Gasteiger charge is 2.28. The highest BCUT2D eigenvalue weighted by Crippen LogP contribution is 2.27. The zero-order valence-corrected chi connectivity index (χ0v) is 11.2. The third-order valence-electron chi connectivity index (χ3n) is 1.55. The molecule has 0 aliphatic carbocycles. The standard InChI is InChI=1S/C6H13Cl2NO3S2/c1-5(14(10,11)12)13-4-6(2,3)9(7)8/h5H,4H2,1-3H3,(H,10,11,12). The van der Waals surface area contributed by atoms with E-state index in [4.69, 9.17) is 28.1 Å². The van der Waals surface area contributed by atoms with Crippen LogP contribution in [0.4, 0.5) is 0 Å². The van der Waals surface area contributed by atoms with Gasteiger partial charge in [-0.1, -0.05) is 0 Å². The predicted octanol–water partition coefficient (Wildman–Crippen LogP) is 2.34. The minimum atomic E-state index is -3.99. The summed E-state index contributed by atoms with van der Waals surface area (Å²) in [5.74, 6) is 0.390. The van der Waals surface area contributed by atoms with Gasteiger partial charge in [0.05, 0.1) is 5.54 Å². The van der Waals surface area contributed by atoms with Crippen molar-refractivity contribution in [3.8, 4) is 0 Å². The predicted molar refractivity (Wildman–Crippen MR) is 61.1 cm³/mol. The van der Waals surface area contributed by atoms with Crippen molar-refractivity contribution in [3.05, 3.63) is 0 Å². The van der Waals surface area contributed by atoms with Gasteiger partial charge in [-0.3, -0.25) is 4.55 Å². The van der Waals surface area contributed by atoms with Crippen LogP contribution >= 0.6 is 35.3 Å². The molecule has 0 aromatic heterocycles. The molecule has 1 unspecified atom stereocenters. The molecule has 86 valence electrons. The first-order valence-electron chi connectivity index (χ1n) is 3.77. The molecular formula is C6H13Cl2NO3S2. The van der Waals surface area contributed by atoms with Crippen molar-refractivity contribution in [3.63, 3.8) is 0 Å². The maximum Gasteiger partial charge on any atom is 0.276 e. The van der Waals surface area contributed by atoms with Crippen LogP contribution in [0.25, 0.3) is 0 Å². The average molecular weight is 282 g/mol. The summed E-state index contributed by atoms with van der Waals surface area (Å²) in [4.78, 5) is 0. The number of hydrogen-bond acceptors (Lipinski definition) is 4. The maximum atomic E-state index is 10.7. The molecule has 0 aromatic rings. The van der Waals surface area contributed by atoms with Gasteiger partial charge in [-0.2, -0.15) is 8.42 Å². The molecule has 0 heterocycles. The molecule has 1 atom stereocenters. The molecule has 14 heavy (non-hydrogen) atoms. The Bertz CT molecular complexity index is 279. The van der Waals surface area contributed by atoms with Crippen molar-refractivity contribution in [1.82, 2.24) is 3.94 Å². The van der Waals surface area contributed by atoms with Gasteiger partial charge in [0.2, 0.25) is 0 Å². The quantitative estimate of drug-likeness (QED) is 0.619. The summed E-state index contributed by atoms with van der Waals surface area (Å²) in [6.45, 7) is 4.93. The number of thioether (sulfide) groups is 1. The van der Waals surface area contributed by atoms with E-state index in [2.05, 4.69) is 0 Å². The van der Waals surface area contributed by atoms with Gasteiger partial charge in [0.1, 0.15) is 4.58 Å². The average Bonchev–Trinajstić information content (AvgIpc) is 1.98. The molecular weight excluding hydrogens is 269 g/mol. The zero-order valence-electron chi connectivity index (χ0n) is 8.07. The van der Waals surface area contributed by atoms with E-state index in [1.165, 1.54) is 6.92 Å². The van der Waals surface area contributed by atoms with Crippen LogP contribution in [0.2, 0.25) is 0 Å². The Kier molecular flexibility index (Phi) is 5.52. The van der Waals surface area contributed by atoms with Crippen LogP contribution in [0.15, 0.2) is 0 Å². The van der Waals surface area contributed by atoms with E-state index in [1.807, 2.05) is 0 Å². The van der Waals surface area contributed by atoms with Gasteiger partial charge in [0.15, 0.2) is 0 Å². The Hall–Kier alpha value is 0.800. The van der Waals surface area contributed by atoms with Crippen molar-refractivity contribution in [1.29, 1.82) is 0 Å². The Morgan fingerprint density at radius 1 is 1.50 bits per heavy atom. The van der Waals surface area contributed by atoms with Gasteiger partial charge in [-0.25, -0.2) is 0 Å². The minimum absolute atomic E-state index is 0.390. The molecule has 0 aliphatic rings. The topological polar surface area (TPSA) is 57.6 Å². The van der Waals surface area contributed by atoms with Crippen LogP contribution in [0.3, 0.4) is 0 Å². The summed E-state index contributed by atoms with van der Waals surface area (Å²) < 4.78 is 30.1. The molecule has 1 N–H and O–H groups in total.